The molecule has 3 unspecified atom stereocenters. The molecule has 1 amide bonds. The summed E-state index contributed by atoms with van der Waals surface area (Å²) < 4.78 is 0. The van der Waals surface area contributed by atoms with Gasteiger partial charge in [0.05, 0.1) is 18.8 Å². The lowest BCUT2D eigenvalue weighted by Gasteiger charge is -2.26. The maximum absolute atomic E-state index is 12.2. The molecule has 0 aromatic carbocycles. The molecule has 0 saturated carbocycles. The van der Waals surface area contributed by atoms with Crippen molar-refractivity contribution in [2.75, 3.05) is 6.61 Å². The van der Waals surface area contributed by atoms with Crippen LogP contribution in [0.3, 0.4) is 0 Å². The molecule has 36 heavy (non-hydrogen) atoms. The highest BCUT2D eigenvalue weighted by molar-refractivity contribution is 5.76. The summed E-state index contributed by atoms with van der Waals surface area (Å²) in [5.41, 5.74) is 0. The first-order valence-corrected chi connectivity index (χ1v) is 15.8. The van der Waals surface area contributed by atoms with E-state index in [1.54, 1.807) is 0 Å². The van der Waals surface area contributed by atoms with Crippen molar-refractivity contribution in [3.05, 3.63) is 0 Å². The van der Waals surface area contributed by atoms with E-state index >= 15 is 0 Å². The summed E-state index contributed by atoms with van der Waals surface area (Å²) in [6.07, 6.45) is 26.4. The lowest BCUT2D eigenvalue weighted by molar-refractivity contribution is -0.124. The molecule has 5 heteroatoms. The zero-order valence-corrected chi connectivity index (χ0v) is 24.2. The molecule has 0 aliphatic heterocycles. The first-order valence-electron chi connectivity index (χ1n) is 15.8. The second kappa shape index (κ2) is 27.4. The van der Waals surface area contributed by atoms with Crippen molar-refractivity contribution in [1.29, 1.82) is 0 Å². The minimum absolute atomic E-state index is 0.148. The molecule has 0 radical (unpaired) electrons. The van der Waals surface area contributed by atoms with Gasteiger partial charge in [0.2, 0.25) is 5.91 Å². The summed E-state index contributed by atoms with van der Waals surface area (Å²) in [7, 11) is 0. The Balaban J connectivity index is 3.63. The van der Waals surface area contributed by atoms with Crippen LogP contribution in [0.15, 0.2) is 0 Å². The van der Waals surface area contributed by atoms with E-state index in [2.05, 4.69) is 19.2 Å². The lowest BCUT2D eigenvalue weighted by Crippen LogP contribution is -2.50. The van der Waals surface area contributed by atoms with Gasteiger partial charge in [-0.15, -0.1) is 0 Å². The van der Waals surface area contributed by atoms with Crippen LogP contribution >= 0.6 is 0 Å². The number of hydrogen-bond acceptors (Lipinski definition) is 4. The zero-order chi connectivity index (χ0) is 26.7. The highest BCUT2D eigenvalue weighted by Crippen LogP contribution is 2.15. The van der Waals surface area contributed by atoms with Crippen molar-refractivity contribution in [1.82, 2.24) is 5.32 Å². The number of hydrogen-bond donors (Lipinski definition) is 4. The first kappa shape index (κ1) is 35.4. The van der Waals surface area contributed by atoms with Crippen molar-refractivity contribution in [3.63, 3.8) is 0 Å². The fourth-order valence-electron chi connectivity index (χ4n) is 4.92. The molecule has 5 nitrogen and oxygen atoms in total. The number of carbonyl (C=O) groups excluding carboxylic acids is 1. The van der Waals surface area contributed by atoms with Crippen LogP contribution in [0, 0.1) is 0 Å². The molecular weight excluding hydrogens is 450 g/mol. The van der Waals surface area contributed by atoms with Gasteiger partial charge in [-0.1, -0.05) is 149 Å². The van der Waals surface area contributed by atoms with E-state index in [1.807, 2.05) is 0 Å². The maximum atomic E-state index is 12.2. The topological polar surface area (TPSA) is 89.8 Å². The van der Waals surface area contributed by atoms with E-state index in [0.29, 0.717) is 12.8 Å². The van der Waals surface area contributed by atoms with Gasteiger partial charge in [0.1, 0.15) is 6.10 Å². The Morgan fingerprint density at radius 2 is 0.944 bits per heavy atom. The molecule has 216 valence electrons. The van der Waals surface area contributed by atoms with Crippen molar-refractivity contribution >= 4 is 5.91 Å². The molecule has 0 spiro atoms. The Kier molecular flexibility index (Phi) is 26.9. The molecule has 0 rings (SSSR count). The minimum atomic E-state index is -1.12. The average molecular weight is 514 g/mol. The molecule has 0 aromatic rings. The number of carbonyl (C=O) groups is 1. The van der Waals surface area contributed by atoms with Crippen molar-refractivity contribution in [3.8, 4) is 0 Å². The number of aliphatic hydroxyl groups is 3. The second-order valence-electron chi connectivity index (χ2n) is 11.0. The molecule has 4 N–H and O–H groups in total. The molecule has 0 heterocycles. The molecule has 0 fully saturated rings. The van der Waals surface area contributed by atoms with Crippen LogP contribution in [0.4, 0.5) is 0 Å². The quantitative estimate of drug-likeness (QED) is 0.0811. The fourth-order valence-corrected chi connectivity index (χ4v) is 4.92. The molecule has 0 aliphatic rings. The first-order chi connectivity index (χ1) is 17.6. The zero-order valence-electron chi connectivity index (χ0n) is 24.2. The predicted octanol–water partition coefficient (Wildman–Crippen LogP) is 7.59. The number of nitrogens with one attached hydrogen (secondary N) is 1. The van der Waals surface area contributed by atoms with Gasteiger partial charge in [-0.25, -0.2) is 0 Å². The molecule has 0 aromatic heterocycles. The minimum Gasteiger partial charge on any atom is -0.394 e. The van der Waals surface area contributed by atoms with Crippen molar-refractivity contribution in [2.24, 2.45) is 0 Å². The van der Waals surface area contributed by atoms with E-state index in [1.165, 1.54) is 103 Å². The van der Waals surface area contributed by atoms with Gasteiger partial charge in [0.15, 0.2) is 0 Å². The van der Waals surface area contributed by atoms with Crippen LogP contribution < -0.4 is 5.32 Å². The molecular formula is C31H63NO4. The highest BCUT2D eigenvalue weighted by atomic mass is 16.3. The van der Waals surface area contributed by atoms with Crippen molar-refractivity contribution < 1.29 is 20.1 Å². The van der Waals surface area contributed by atoms with Gasteiger partial charge in [0, 0.05) is 6.42 Å². The maximum Gasteiger partial charge on any atom is 0.220 e. The summed E-state index contributed by atoms with van der Waals surface area (Å²) in [6.45, 7) is 4.09. The number of amides is 1. The Morgan fingerprint density at radius 3 is 1.33 bits per heavy atom. The molecule has 3 atom stereocenters. The van der Waals surface area contributed by atoms with Crippen LogP contribution in [-0.4, -0.2) is 46.1 Å². The summed E-state index contributed by atoms with van der Waals surface area (Å²) in [5, 5.41) is 32.9. The standard InChI is InChI=1S/C31H63NO4/c1-3-5-7-9-11-12-13-14-15-16-17-18-19-20-22-24-26-30(35)32-28(27-33)31(36)29(34)25-23-21-10-8-6-4-2/h28-29,31,33-34,36H,3-27H2,1-2H3,(H,32,35). The van der Waals surface area contributed by atoms with Gasteiger partial charge >= 0.3 is 0 Å². The van der Waals surface area contributed by atoms with Crippen LogP contribution in [0.25, 0.3) is 0 Å². The number of unbranched alkanes of at least 4 members (excludes halogenated alkanes) is 20. The smallest absolute Gasteiger partial charge is 0.220 e. The van der Waals surface area contributed by atoms with E-state index in [0.717, 1.165) is 38.5 Å². The Morgan fingerprint density at radius 1 is 0.583 bits per heavy atom. The monoisotopic (exact) mass is 513 g/mol. The van der Waals surface area contributed by atoms with Gasteiger partial charge in [-0.05, 0) is 12.8 Å². The average Bonchev–Trinajstić information content (AvgIpc) is 2.88. The van der Waals surface area contributed by atoms with Crippen LogP contribution in [0.2, 0.25) is 0 Å². The van der Waals surface area contributed by atoms with E-state index in [-0.39, 0.29) is 12.5 Å². The summed E-state index contributed by atoms with van der Waals surface area (Å²) in [6, 6.07) is -0.798. The van der Waals surface area contributed by atoms with Gasteiger partial charge < -0.3 is 20.6 Å². The van der Waals surface area contributed by atoms with E-state index < -0.39 is 18.2 Å². The summed E-state index contributed by atoms with van der Waals surface area (Å²) in [4.78, 5) is 12.2. The van der Waals surface area contributed by atoms with E-state index in [9.17, 15) is 20.1 Å². The molecule has 0 bridgehead atoms. The van der Waals surface area contributed by atoms with Crippen molar-refractivity contribution in [2.45, 2.75) is 186 Å². The Labute approximate surface area is 224 Å². The third-order valence-electron chi connectivity index (χ3n) is 7.46. The van der Waals surface area contributed by atoms with Gasteiger partial charge in [-0.3, -0.25) is 4.79 Å². The SMILES string of the molecule is CCCCCCCCCCCCCCCCCCC(=O)NC(CO)C(O)C(O)CCCCCCCC. The largest absolute Gasteiger partial charge is 0.394 e. The van der Waals surface area contributed by atoms with Gasteiger partial charge in [0.25, 0.3) is 0 Å². The summed E-state index contributed by atoms with van der Waals surface area (Å²) >= 11 is 0. The van der Waals surface area contributed by atoms with Crippen LogP contribution in [0.1, 0.15) is 168 Å². The normalized spacial score (nSPS) is 14.0. The lowest BCUT2D eigenvalue weighted by atomic mass is 9.99. The second-order valence-corrected chi connectivity index (χ2v) is 11.0. The Bertz CT molecular complexity index is 460. The van der Waals surface area contributed by atoms with Crippen LogP contribution in [0.5, 0.6) is 0 Å². The summed E-state index contributed by atoms with van der Waals surface area (Å²) in [5.74, 6) is -0.148. The molecule has 0 saturated heterocycles. The molecule has 0 aliphatic carbocycles. The number of rotatable bonds is 28. The van der Waals surface area contributed by atoms with Gasteiger partial charge in [-0.2, -0.15) is 0 Å². The third-order valence-corrected chi connectivity index (χ3v) is 7.46. The van der Waals surface area contributed by atoms with Crippen LogP contribution in [-0.2, 0) is 4.79 Å². The fraction of sp³-hybridized carbons (Fsp3) is 0.968. The Hall–Kier alpha value is -0.650. The van der Waals surface area contributed by atoms with E-state index in [4.69, 9.17) is 0 Å². The number of aliphatic hydroxyl groups excluding tert-OH is 3. The third kappa shape index (κ3) is 22.5. The highest BCUT2D eigenvalue weighted by Gasteiger charge is 2.26. The predicted molar refractivity (Wildman–Crippen MR) is 153 cm³/mol.